The molecule has 0 unspecified atom stereocenters. The summed E-state index contributed by atoms with van der Waals surface area (Å²) in [5.41, 5.74) is 3.21. The SMILES string of the molecule is CC(C)c1cccc(NS(=O)(=O)Cc2cccc(NS(C)(=O)=O)c2C(C)C)c1. The van der Waals surface area contributed by atoms with E-state index in [4.69, 9.17) is 0 Å². The van der Waals surface area contributed by atoms with Crippen LogP contribution in [0.3, 0.4) is 0 Å². The maximum atomic E-state index is 12.8. The fourth-order valence-electron chi connectivity index (χ4n) is 3.09. The van der Waals surface area contributed by atoms with Gasteiger partial charge in [0.15, 0.2) is 0 Å². The van der Waals surface area contributed by atoms with Crippen LogP contribution in [0.5, 0.6) is 0 Å². The van der Waals surface area contributed by atoms with Crippen molar-refractivity contribution < 1.29 is 16.8 Å². The Balaban J connectivity index is 2.35. The third-order valence-corrected chi connectivity index (χ3v) is 6.07. The molecule has 0 atom stereocenters. The second-order valence-electron chi connectivity index (χ2n) is 7.55. The van der Waals surface area contributed by atoms with E-state index in [1.807, 2.05) is 45.9 Å². The first-order chi connectivity index (χ1) is 12.9. The predicted octanol–water partition coefficient (Wildman–Crippen LogP) is 4.25. The van der Waals surface area contributed by atoms with Crippen LogP contribution in [0.15, 0.2) is 42.5 Å². The van der Waals surface area contributed by atoms with Gasteiger partial charge in [-0.05, 0) is 46.7 Å². The molecule has 2 aromatic carbocycles. The summed E-state index contributed by atoms with van der Waals surface area (Å²) >= 11 is 0. The molecule has 0 aromatic heterocycles. The van der Waals surface area contributed by atoms with Crippen molar-refractivity contribution in [2.75, 3.05) is 15.7 Å². The van der Waals surface area contributed by atoms with Gasteiger partial charge in [0.05, 0.1) is 17.7 Å². The van der Waals surface area contributed by atoms with Crippen molar-refractivity contribution in [3.63, 3.8) is 0 Å². The average Bonchev–Trinajstić information content (AvgIpc) is 2.52. The van der Waals surface area contributed by atoms with E-state index in [2.05, 4.69) is 9.44 Å². The van der Waals surface area contributed by atoms with E-state index in [0.717, 1.165) is 11.8 Å². The lowest BCUT2D eigenvalue weighted by molar-refractivity contribution is 0.600. The lowest BCUT2D eigenvalue weighted by Gasteiger charge is -2.19. The van der Waals surface area contributed by atoms with Gasteiger partial charge in [0.1, 0.15) is 0 Å². The van der Waals surface area contributed by atoms with Crippen LogP contribution in [0.4, 0.5) is 11.4 Å². The first-order valence-corrected chi connectivity index (χ1v) is 12.6. The van der Waals surface area contributed by atoms with Crippen LogP contribution < -0.4 is 9.44 Å². The van der Waals surface area contributed by atoms with E-state index in [0.29, 0.717) is 22.5 Å². The molecule has 8 heteroatoms. The van der Waals surface area contributed by atoms with Crippen molar-refractivity contribution >= 4 is 31.4 Å². The molecule has 2 aromatic rings. The zero-order valence-corrected chi connectivity index (χ0v) is 18.5. The third kappa shape index (κ3) is 6.24. The number of sulfonamides is 2. The number of hydrogen-bond donors (Lipinski definition) is 2. The normalized spacial score (nSPS) is 12.4. The second-order valence-corrected chi connectivity index (χ2v) is 11.0. The van der Waals surface area contributed by atoms with Gasteiger partial charge < -0.3 is 0 Å². The minimum Gasteiger partial charge on any atom is -0.283 e. The van der Waals surface area contributed by atoms with Gasteiger partial charge >= 0.3 is 0 Å². The summed E-state index contributed by atoms with van der Waals surface area (Å²) in [5, 5.41) is 0. The zero-order valence-electron chi connectivity index (χ0n) is 16.9. The molecule has 28 heavy (non-hydrogen) atoms. The smallest absolute Gasteiger partial charge is 0.236 e. The van der Waals surface area contributed by atoms with Gasteiger partial charge in [-0.3, -0.25) is 9.44 Å². The van der Waals surface area contributed by atoms with Gasteiger partial charge in [0, 0.05) is 5.69 Å². The van der Waals surface area contributed by atoms with Crippen molar-refractivity contribution in [3.8, 4) is 0 Å². The number of hydrogen-bond acceptors (Lipinski definition) is 4. The molecule has 0 heterocycles. The average molecular weight is 425 g/mol. The van der Waals surface area contributed by atoms with E-state index < -0.39 is 20.0 Å². The summed E-state index contributed by atoms with van der Waals surface area (Å²) in [4.78, 5) is 0. The maximum absolute atomic E-state index is 12.8. The highest BCUT2D eigenvalue weighted by Crippen LogP contribution is 2.30. The molecule has 0 aliphatic carbocycles. The van der Waals surface area contributed by atoms with Crippen LogP contribution in [-0.2, 0) is 25.8 Å². The maximum Gasteiger partial charge on any atom is 0.236 e. The summed E-state index contributed by atoms with van der Waals surface area (Å²) in [6, 6.07) is 12.3. The van der Waals surface area contributed by atoms with Gasteiger partial charge in [-0.2, -0.15) is 0 Å². The quantitative estimate of drug-likeness (QED) is 0.663. The van der Waals surface area contributed by atoms with Gasteiger partial charge in [0.25, 0.3) is 0 Å². The largest absolute Gasteiger partial charge is 0.283 e. The topological polar surface area (TPSA) is 92.3 Å². The molecule has 0 bridgehead atoms. The van der Waals surface area contributed by atoms with E-state index in [-0.39, 0.29) is 17.6 Å². The van der Waals surface area contributed by atoms with Crippen molar-refractivity contribution in [1.29, 1.82) is 0 Å². The summed E-state index contributed by atoms with van der Waals surface area (Å²) in [6.45, 7) is 7.89. The Kier molecular flexibility index (Phi) is 6.77. The first-order valence-electron chi connectivity index (χ1n) is 9.08. The first kappa shape index (κ1) is 22.2. The zero-order chi connectivity index (χ0) is 21.1. The highest BCUT2D eigenvalue weighted by atomic mass is 32.2. The summed E-state index contributed by atoms with van der Waals surface area (Å²) < 4.78 is 54.0. The van der Waals surface area contributed by atoms with Gasteiger partial charge in [-0.1, -0.05) is 52.0 Å². The molecule has 2 rings (SSSR count). The standard InChI is InChI=1S/C20H28N2O4S2/c1-14(2)16-8-6-10-18(12-16)21-28(25,26)13-17-9-7-11-19(20(17)15(3)4)22-27(5,23)24/h6-12,14-15,21-22H,13H2,1-5H3. The fraction of sp³-hybridized carbons (Fsp3) is 0.400. The number of anilines is 2. The summed E-state index contributed by atoms with van der Waals surface area (Å²) in [7, 11) is -7.14. The van der Waals surface area contributed by atoms with Crippen LogP contribution in [0.1, 0.15) is 56.2 Å². The van der Waals surface area contributed by atoms with Gasteiger partial charge in [-0.15, -0.1) is 0 Å². The van der Waals surface area contributed by atoms with Gasteiger partial charge in [-0.25, -0.2) is 16.8 Å². The Morgan fingerprint density at radius 2 is 1.50 bits per heavy atom. The van der Waals surface area contributed by atoms with Crippen LogP contribution in [-0.4, -0.2) is 23.1 Å². The summed E-state index contributed by atoms with van der Waals surface area (Å²) in [6.07, 6.45) is 1.07. The van der Waals surface area contributed by atoms with Crippen molar-refractivity contribution in [2.24, 2.45) is 0 Å². The molecule has 0 spiro atoms. The lowest BCUT2D eigenvalue weighted by Crippen LogP contribution is -2.18. The molecular weight excluding hydrogens is 396 g/mol. The molecule has 0 fully saturated rings. The fourth-order valence-corrected chi connectivity index (χ4v) is 4.89. The minimum atomic E-state index is -3.67. The number of nitrogens with one attached hydrogen (secondary N) is 2. The van der Waals surface area contributed by atoms with Crippen molar-refractivity contribution in [1.82, 2.24) is 0 Å². The summed E-state index contributed by atoms with van der Waals surface area (Å²) in [5.74, 6) is -0.0122. The van der Waals surface area contributed by atoms with Crippen LogP contribution in [0, 0.1) is 0 Å². The van der Waals surface area contributed by atoms with Gasteiger partial charge in [0.2, 0.25) is 20.0 Å². The van der Waals surface area contributed by atoms with E-state index >= 15 is 0 Å². The number of rotatable bonds is 8. The minimum absolute atomic E-state index is 0.0556. The van der Waals surface area contributed by atoms with Crippen molar-refractivity contribution in [2.45, 2.75) is 45.3 Å². The molecule has 154 valence electrons. The predicted molar refractivity (Wildman–Crippen MR) is 116 cm³/mol. The Morgan fingerprint density at radius 1 is 0.857 bits per heavy atom. The molecule has 0 saturated carbocycles. The Labute approximate surface area is 168 Å². The molecule has 0 radical (unpaired) electrons. The van der Waals surface area contributed by atoms with Crippen LogP contribution in [0.2, 0.25) is 0 Å². The molecule has 0 aliphatic rings. The highest BCUT2D eigenvalue weighted by molar-refractivity contribution is 7.92. The lowest BCUT2D eigenvalue weighted by atomic mass is 9.96. The third-order valence-electron chi connectivity index (χ3n) is 4.24. The monoisotopic (exact) mass is 424 g/mol. The Morgan fingerprint density at radius 3 is 2.07 bits per heavy atom. The van der Waals surface area contributed by atoms with Crippen LogP contribution >= 0.6 is 0 Å². The molecular formula is C20H28N2O4S2. The van der Waals surface area contributed by atoms with E-state index in [1.54, 1.807) is 24.3 Å². The van der Waals surface area contributed by atoms with Crippen LogP contribution in [0.25, 0.3) is 0 Å². The highest BCUT2D eigenvalue weighted by Gasteiger charge is 2.20. The van der Waals surface area contributed by atoms with Crippen molar-refractivity contribution in [3.05, 3.63) is 59.2 Å². The van der Waals surface area contributed by atoms with E-state index in [9.17, 15) is 16.8 Å². The molecule has 0 amide bonds. The molecule has 6 nitrogen and oxygen atoms in total. The second kappa shape index (κ2) is 8.53. The molecule has 2 N–H and O–H groups in total. The Hall–Kier alpha value is -2.06. The molecule has 0 aliphatic heterocycles. The number of benzene rings is 2. The van der Waals surface area contributed by atoms with E-state index in [1.165, 1.54) is 0 Å². The molecule has 0 saturated heterocycles. The Bertz CT molecular complexity index is 1040.